The van der Waals surface area contributed by atoms with Crippen molar-refractivity contribution in [3.05, 3.63) is 70.1 Å². The van der Waals surface area contributed by atoms with Gasteiger partial charge < -0.3 is 14.6 Å². The summed E-state index contributed by atoms with van der Waals surface area (Å²) in [4.78, 5) is 48.5. The average Bonchev–Trinajstić information content (AvgIpc) is 2.66. The van der Waals surface area contributed by atoms with Crippen LogP contribution in [0.1, 0.15) is 36.7 Å². The lowest BCUT2D eigenvalue weighted by Crippen LogP contribution is -2.47. The van der Waals surface area contributed by atoms with Gasteiger partial charge in [-0.2, -0.15) is 0 Å². The Morgan fingerprint density at radius 2 is 1.75 bits per heavy atom. The van der Waals surface area contributed by atoms with Crippen LogP contribution in [0.4, 0.5) is 0 Å². The minimum absolute atomic E-state index is 0.0120. The zero-order valence-corrected chi connectivity index (χ0v) is 16.2. The Hall–Kier alpha value is -3.22. The molecule has 0 saturated heterocycles. The molecule has 1 atom stereocenters. The fourth-order valence-corrected chi connectivity index (χ4v) is 2.62. The Balaban J connectivity index is 2.02. The summed E-state index contributed by atoms with van der Waals surface area (Å²) in [5.74, 6) is -1.63. The second-order valence-electron chi connectivity index (χ2n) is 6.79. The van der Waals surface area contributed by atoms with Gasteiger partial charge in [0.05, 0.1) is 5.56 Å². The van der Waals surface area contributed by atoms with Crippen molar-refractivity contribution in [1.29, 1.82) is 0 Å². The van der Waals surface area contributed by atoms with Crippen molar-refractivity contribution >= 4 is 17.7 Å². The Bertz CT molecular complexity index is 903. The van der Waals surface area contributed by atoms with E-state index in [1.54, 1.807) is 13.8 Å². The first kappa shape index (κ1) is 21.1. The molecule has 28 heavy (non-hydrogen) atoms. The number of nitrogens with zero attached hydrogens (tertiary/aromatic N) is 1. The SMILES string of the molecule is CC(=O)c1cccn(CC(=O)N[C@H](C(=O)OCc2ccccc2)C(C)C)c1=O. The third-order valence-corrected chi connectivity index (χ3v) is 4.17. The number of amides is 1. The Morgan fingerprint density at radius 3 is 2.36 bits per heavy atom. The first-order valence-electron chi connectivity index (χ1n) is 9.00. The number of nitrogens with one attached hydrogen (secondary N) is 1. The number of Topliss-reactive ketones (excluding diaryl/α,β-unsaturated/α-hetero) is 1. The van der Waals surface area contributed by atoms with Crippen molar-refractivity contribution in [3.63, 3.8) is 0 Å². The maximum Gasteiger partial charge on any atom is 0.329 e. The van der Waals surface area contributed by atoms with E-state index in [-0.39, 0.29) is 30.4 Å². The summed E-state index contributed by atoms with van der Waals surface area (Å²) < 4.78 is 6.45. The Morgan fingerprint density at radius 1 is 1.07 bits per heavy atom. The van der Waals surface area contributed by atoms with Crippen molar-refractivity contribution in [3.8, 4) is 0 Å². The molecule has 1 amide bonds. The summed E-state index contributed by atoms with van der Waals surface area (Å²) in [5.41, 5.74) is 0.313. The molecular formula is C21H24N2O5. The lowest BCUT2D eigenvalue weighted by atomic mass is 10.0. The first-order chi connectivity index (χ1) is 13.3. The number of pyridine rings is 1. The maximum atomic E-state index is 12.4. The highest BCUT2D eigenvalue weighted by molar-refractivity contribution is 5.93. The minimum Gasteiger partial charge on any atom is -0.459 e. The molecule has 1 aromatic carbocycles. The van der Waals surface area contributed by atoms with Gasteiger partial charge in [-0.05, 0) is 30.5 Å². The van der Waals surface area contributed by atoms with Crippen molar-refractivity contribution < 1.29 is 19.1 Å². The van der Waals surface area contributed by atoms with E-state index in [1.165, 1.54) is 25.3 Å². The predicted molar refractivity (Wildman–Crippen MR) is 104 cm³/mol. The van der Waals surface area contributed by atoms with Crippen LogP contribution in [-0.2, 0) is 27.5 Å². The number of hydrogen-bond acceptors (Lipinski definition) is 5. The summed E-state index contributed by atoms with van der Waals surface area (Å²) in [7, 11) is 0. The maximum absolute atomic E-state index is 12.4. The van der Waals surface area contributed by atoms with Crippen LogP contribution in [0.2, 0.25) is 0 Å². The van der Waals surface area contributed by atoms with Crippen LogP contribution >= 0.6 is 0 Å². The highest BCUT2D eigenvalue weighted by Gasteiger charge is 2.26. The molecule has 0 aliphatic heterocycles. The highest BCUT2D eigenvalue weighted by atomic mass is 16.5. The molecule has 2 aromatic rings. The average molecular weight is 384 g/mol. The van der Waals surface area contributed by atoms with Gasteiger partial charge in [-0.25, -0.2) is 4.79 Å². The second kappa shape index (κ2) is 9.64. The van der Waals surface area contributed by atoms with E-state index in [0.717, 1.165) is 10.1 Å². The molecule has 148 valence electrons. The number of rotatable bonds is 8. The first-order valence-corrected chi connectivity index (χ1v) is 9.00. The quantitative estimate of drug-likeness (QED) is 0.554. The molecule has 1 N–H and O–H groups in total. The smallest absolute Gasteiger partial charge is 0.329 e. The van der Waals surface area contributed by atoms with E-state index < -0.39 is 23.5 Å². The zero-order chi connectivity index (χ0) is 20.7. The van der Waals surface area contributed by atoms with Crippen molar-refractivity contribution in [2.75, 3.05) is 0 Å². The van der Waals surface area contributed by atoms with Crippen LogP contribution in [0.25, 0.3) is 0 Å². The van der Waals surface area contributed by atoms with Gasteiger partial charge in [0, 0.05) is 6.20 Å². The number of carbonyl (C=O) groups is 3. The van der Waals surface area contributed by atoms with Crippen molar-refractivity contribution in [1.82, 2.24) is 9.88 Å². The fraction of sp³-hybridized carbons (Fsp3) is 0.333. The molecule has 1 heterocycles. The molecule has 0 aliphatic carbocycles. The molecule has 0 saturated carbocycles. The molecule has 2 rings (SSSR count). The van der Waals surface area contributed by atoms with Crippen LogP contribution in [0.5, 0.6) is 0 Å². The molecule has 0 unspecified atom stereocenters. The topological polar surface area (TPSA) is 94.5 Å². The second-order valence-corrected chi connectivity index (χ2v) is 6.79. The molecule has 0 spiro atoms. The number of ether oxygens (including phenoxy) is 1. The van der Waals surface area contributed by atoms with Gasteiger partial charge in [0.1, 0.15) is 19.2 Å². The lowest BCUT2D eigenvalue weighted by Gasteiger charge is -2.21. The largest absolute Gasteiger partial charge is 0.459 e. The lowest BCUT2D eigenvalue weighted by molar-refractivity contribution is -0.150. The highest BCUT2D eigenvalue weighted by Crippen LogP contribution is 2.07. The van der Waals surface area contributed by atoms with Gasteiger partial charge in [0.25, 0.3) is 5.56 Å². The third kappa shape index (κ3) is 5.64. The summed E-state index contributed by atoms with van der Waals surface area (Å²) in [5, 5.41) is 2.62. The number of carbonyl (C=O) groups excluding carboxylic acids is 3. The molecule has 0 bridgehead atoms. The number of hydrogen-bond donors (Lipinski definition) is 1. The van der Waals surface area contributed by atoms with Gasteiger partial charge in [-0.15, -0.1) is 0 Å². The molecule has 7 heteroatoms. The summed E-state index contributed by atoms with van der Waals surface area (Å²) >= 11 is 0. The van der Waals surface area contributed by atoms with Crippen LogP contribution in [0.3, 0.4) is 0 Å². The van der Waals surface area contributed by atoms with E-state index in [1.807, 2.05) is 30.3 Å². The summed E-state index contributed by atoms with van der Waals surface area (Å²) in [6.07, 6.45) is 1.42. The van der Waals surface area contributed by atoms with Crippen molar-refractivity contribution in [2.45, 2.75) is 40.0 Å². The van der Waals surface area contributed by atoms with Crippen molar-refractivity contribution in [2.24, 2.45) is 5.92 Å². The van der Waals surface area contributed by atoms with Crippen LogP contribution in [-0.4, -0.2) is 28.3 Å². The molecular weight excluding hydrogens is 360 g/mol. The minimum atomic E-state index is -0.845. The number of benzene rings is 1. The zero-order valence-electron chi connectivity index (χ0n) is 16.2. The van der Waals surface area contributed by atoms with Gasteiger partial charge in [0.15, 0.2) is 5.78 Å². The van der Waals surface area contributed by atoms with Gasteiger partial charge in [-0.3, -0.25) is 14.4 Å². The van der Waals surface area contributed by atoms with E-state index in [0.29, 0.717) is 0 Å². The molecule has 0 fully saturated rings. The molecule has 0 aliphatic rings. The number of esters is 1. The normalized spacial score (nSPS) is 11.7. The van der Waals surface area contributed by atoms with Crippen LogP contribution < -0.4 is 10.9 Å². The van der Waals surface area contributed by atoms with Crippen LogP contribution in [0, 0.1) is 5.92 Å². The van der Waals surface area contributed by atoms with E-state index >= 15 is 0 Å². The Kier molecular flexibility index (Phi) is 7.26. The molecule has 0 radical (unpaired) electrons. The molecule has 7 nitrogen and oxygen atoms in total. The predicted octanol–water partition coefficient (Wildman–Crippen LogP) is 1.94. The third-order valence-electron chi connectivity index (χ3n) is 4.17. The number of aromatic nitrogens is 1. The number of ketones is 1. The standard InChI is InChI=1S/C21H24N2O5/c1-14(2)19(21(27)28-13-16-8-5-4-6-9-16)22-18(25)12-23-11-7-10-17(15(3)24)20(23)26/h4-11,14,19H,12-13H2,1-3H3,(H,22,25)/t19-/m0/s1. The fourth-order valence-electron chi connectivity index (χ4n) is 2.62. The van der Waals surface area contributed by atoms with E-state index in [9.17, 15) is 19.2 Å². The monoisotopic (exact) mass is 384 g/mol. The summed E-state index contributed by atoms with van der Waals surface area (Å²) in [6.45, 7) is 4.68. The Labute approximate surface area is 163 Å². The van der Waals surface area contributed by atoms with Crippen LogP contribution in [0.15, 0.2) is 53.5 Å². The van der Waals surface area contributed by atoms with E-state index in [4.69, 9.17) is 4.74 Å². The summed E-state index contributed by atoms with van der Waals surface area (Å²) in [6, 6.07) is 11.3. The van der Waals surface area contributed by atoms with Gasteiger partial charge in [-0.1, -0.05) is 44.2 Å². The van der Waals surface area contributed by atoms with E-state index in [2.05, 4.69) is 5.32 Å². The van der Waals surface area contributed by atoms with Gasteiger partial charge >= 0.3 is 5.97 Å². The van der Waals surface area contributed by atoms with Gasteiger partial charge in [0.2, 0.25) is 5.91 Å². The molecule has 1 aromatic heterocycles.